The second kappa shape index (κ2) is 3.07. The summed E-state index contributed by atoms with van der Waals surface area (Å²) in [6, 6.07) is 6.82. The minimum Gasteiger partial charge on any atom is -0.325 e. The van der Waals surface area contributed by atoms with Crippen molar-refractivity contribution in [3.63, 3.8) is 0 Å². The highest BCUT2D eigenvalue weighted by molar-refractivity contribution is 6.39. The summed E-state index contributed by atoms with van der Waals surface area (Å²) in [5.74, 6) is -1.71. The predicted octanol–water partition coefficient (Wildman–Crippen LogP) is 0.789. The van der Waals surface area contributed by atoms with Gasteiger partial charge in [0.15, 0.2) is 5.41 Å². The van der Waals surface area contributed by atoms with E-state index in [1.165, 1.54) is 0 Å². The lowest BCUT2D eigenvalue weighted by atomic mass is 9.80. The molecule has 0 saturated carbocycles. The standard InChI is InChI=1S/C11H7ClN2O3/c12-14-8(15)5-11(10(14)17)6-3-1-2-4-7(6)13-9(11)16/h1-4H,5H2,(H,13,16). The lowest BCUT2D eigenvalue weighted by Crippen LogP contribution is -2.41. The van der Waals surface area contributed by atoms with Crippen LogP contribution in [0.4, 0.5) is 5.69 Å². The van der Waals surface area contributed by atoms with Gasteiger partial charge in [0.25, 0.3) is 5.91 Å². The maximum Gasteiger partial charge on any atom is 0.264 e. The van der Waals surface area contributed by atoms with E-state index in [0.29, 0.717) is 15.7 Å². The molecule has 5 nitrogen and oxygen atoms in total. The quantitative estimate of drug-likeness (QED) is 0.421. The number of nitrogens with one attached hydrogen (secondary N) is 1. The third-order valence-corrected chi connectivity index (χ3v) is 3.54. The molecule has 1 atom stereocenters. The van der Waals surface area contributed by atoms with Crippen molar-refractivity contribution in [1.82, 2.24) is 4.42 Å². The summed E-state index contributed by atoms with van der Waals surface area (Å²) >= 11 is 5.57. The Bertz CT molecular complexity index is 572. The van der Waals surface area contributed by atoms with Crippen LogP contribution >= 0.6 is 11.8 Å². The number of para-hydroxylation sites is 1. The average molecular weight is 251 g/mol. The molecule has 0 bridgehead atoms. The Morgan fingerprint density at radius 1 is 1.24 bits per heavy atom. The van der Waals surface area contributed by atoms with Crippen LogP contribution in [0.15, 0.2) is 24.3 Å². The van der Waals surface area contributed by atoms with Gasteiger partial charge in [-0.15, -0.1) is 0 Å². The Kier molecular flexibility index (Phi) is 1.86. The molecule has 0 radical (unpaired) electrons. The van der Waals surface area contributed by atoms with E-state index in [1.54, 1.807) is 24.3 Å². The Labute approximate surface area is 101 Å². The molecule has 1 saturated heterocycles. The molecule has 17 heavy (non-hydrogen) atoms. The number of carbonyl (C=O) groups excluding carboxylic acids is 3. The maximum absolute atomic E-state index is 12.0. The molecule has 1 aromatic carbocycles. The number of hydrogen-bond donors (Lipinski definition) is 1. The van der Waals surface area contributed by atoms with E-state index in [-0.39, 0.29) is 6.42 Å². The molecule has 1 aromatic rings. The van der Waals surface area contributed by atoms with Gasteiger partial charge in [-0.25, -0.2) is 0 Å². The van der Waals surface area contributed by atoms with Crippen LogP contribution in [-0.2, 0) is 19.8 Å². The first-order valence-corrected chi connectivity index (χ1v) is 5.35. The lowest BCUT2D eigenvalue weighted by molar-refractivity contribution is -0.136. The molecule has 1 fully saturated rings. The number of imide groups is 1. The van der Waals surface area contributed by atoms with Gasteiger partial charge in [-0.1, -0.05) is 18.2 Å². The zero-order valence-corrected chi connectivity index (χ0v) is 9.32. The zero-order chi connectivity index (χ0) is 12.2. The lowest BCUT2D eigenvalue weighted by Gasteiger charge is -2.16. The summed E-state index contributed by atoms with van der Waals surface area (Å²) in [6.45, 7) is 0. The van der Waals surface area contributed by atoms with Crippen molar-refractivity contribution in [3.05, 3.63) is 29.8 Å². The molecular formula is C11H7ClN2O3. The molecule has 86 valence electrons. The molecule has 1 N–H and O–H groups in total. The van der Waals surface area contributed by atoms with Gasteiger partial charge in [0.2, 0.25) is 11.8 Å². The van der Waals surface area contributed by atoms with Crippen LogP contribution in [0.25, 0.3) is 0 Å². The molecule has 3 rings (SSSR count). The summed E-state index contributed by atoms with van der Waals surface area (Å²) in [7, 11) is 0. The van der Waals surface area contributed by atoms with Gasteiger partial charge in [-0.2, -0.15) is 4.42 Å². The molecule has 2 aliphatic rings. The van der Waals surface area contributed by atoms with Crippen molar-refractivity contribution in [2.24, 2.45) is 0 Å². The van der Waals surface area contributed by atoms with Crippen LogP contribution in [0.3, 0.4) is 0 Å². The van der Waals surface area contributed by atoms with Crippen molar-refractivity contribution < 1.29 is 14.4 Å². The number of amides is 3. The van der Waals surface area contributed by atoms with Gasteiger partial charge in [0.1, 0.15) is 0 Å². The van der Waals surface area contributed by atoms with Crippen LogP contribution in [-0.4, -0.2) is 22.1 Å². The highest BCUT2D eigenvalue weighted by Crippen LogP contribution is 2.45. The second-order valence-electron chi connectivity index (χ2n) is 4.06. The van der Waals surface area contributed by atoms with E-state index >= 15 is 0 Å². The summed E-state index contributed by atoms with van der Waals surface area (Å²) < 4.78 is 0.502. The zero-order valence-electron chi connectivity index (χ0n) is 8.57. The summed E-state index contributed by atoms with van der Waals surface area (Å²) in [5.41, 5.74) is -0.382. The minimum atomic E-state index is -1.46. The molecule has 1 spiro atoms. The highest BCUT2D eigenvalue weighted by atomic mass is 35.5. The molecular weight excluding hydrogens is 244 g/mol. The van der Waals surface area contributed by atoms with Gasteiger partial charge < -0.3 is 5.32 Å². The van der Waals surface area contributed by atoms with E-state index in [4.69, 9.17) is 11.8 Å². The van der Waals surface area contributed by atoms with Crippen LogP contribution < -0.4 is 5.32 Å². The monoisotopic (exact) mass is 250 g/mol. The number of rotatable bonds is 0. The van der Waals surface area contributed by atoms with Crippen LogP contribution in [0.5, 0.6) is 0 Å². The van der Waals surface area contributed by atoms with Crippen molar-refractivity contribution in [3.8, 4) is 0 Å². The molecule has 3 amide bonds. The molecule has 6 heteroatoms. The van der Waals surface area contributed by atoms with E-state index in [9.17, 15) is 14.4 Å². The van der Waals surface area contributed by atoms with Crippen molar-refractivity contribution in [2.45, 2.75) is 11.8 Å². The number of carbonyl (C=O) groups is 3. The number of fused-ring (bicyclic) bond motifs is 2. The van der Waals surface area contributed by atoms with Crippen molar-refractivity contribution in [1.29, 1.82) is 0 Å². The molecule has 2 heterocycles. The Hall–Kier alpha value is -1.88. The first-order chi connectivity index (χ1) is 8.07. The fourth-order valence-corrected chi connectivity index (χ4v) is 2.56. The Morgan fingerprint density at radius 2 is 1.94 bits per heavy atom. The topological polar surface area (TPSA) is 66.5 Å². The number of halogens is 1. The third-order valence-electron chi connectivity index (χ3n) is 3.20. The highest BCUT2D eigenvalue weighted by Gasteiger charge is 2.61. The van der Waals surface area contributed by atoms with Gasteiger partial charge in [0, 0.05) is 23.0 Å². The fourth-order valence-electron chi connectivity index (χ4n) is 2.36. The summed E-state index contributed by atoms with van der Waals surface area (Å²) in [4.78, 5) is 35.5. The van der Waals surface area contributed by atoms with Gasteiger partial charge in [0.05, 0.1) is 6.42 Å². The molecule has 2 aliphatic heterocycles. The molecule has 0 aliphatic carbocycles. The Balaban J connectivity index is 2.25. The first kappa shape index (κ1) is 10.3. The fraction of sp³-hybridized carbons (Fsp3) is 0.182. The van der Waals surface area contributed by atoms with E-state index < -0.39 is 23.1 Å². The molecule has 0 aromatic heterocycles. The molecule has 1 unspecified atom stereocenters. The third kappa shape index (κ3) is 1.07. The van der Waals surface area contributed by atoms with Crippen molar-refractivity contribution in [2.75, 3.05) is 5.32 Å². The number of nitrogens with zero attached hydrogens (tertiary/aromatic N) is 1. The van der Waals surface area contributed by atoms with Crippen LogP contribution in [0.1, 0.15) is 12.0 Å². The first-order valence-electron chi connectivity index (χ1n) is 5.01. The second-order valence-corrected chi connectivity index (χ2v) is 4.40. The van der Waals surface area contributed by atoms with E-state index in [1.807, 2.05) is 0 Å². The SMILES string of the molecule is O=C1CC2(C(=O)Nc3ccccc32)C(=O)N1Cl. The van der Waals surface area contributed by atoms with Crippen LogP contribution in [0, 0.1) is 0 Å². The van der Waals surface area contributed by atoms with Crippen LogP contribution in [0.2, 0.25) is 0 Å². The van der Waals surface area contributed by atoms with E-state index in [0.717, 1.165) is 0 Å². The predicted molar refractivity (Wildman–Crippen MR) is 59.1 cm³/mol. The van der Waals surface area contributed by atoms with Gasteiger partial charge in [-0.05, 0) is 6.07 Å². The van der Waals surface area contributed by atoms with Gasteiger partial charge >= 0.3 is 0 Å². The maximum atomic E-state index is 12.0. The number of hydrogen-bond acceptors (Lipinski definition) is 3. The largest absolute Gasteiger partial charge is 0.325 e. The van der Waals surface area contributed by atoms with Gasteiger partial charge in [-0.3, -0.25) is 14.4 Å². The minimum absolute atomic E-state index is 0.210. The number of benzene rings is 1. The van der Waals surface area contributed by atoms with Crippen molar-refractivity contribution >= 4 is 35.2 Å². The Morgan fingerprint density at radius 3 is 2.59 bits per heavy atom. The summed E-state index contributed by atoms with van der Waals surface area (Å²) in [6.07, 6.45) is -0.210. The normalized spacial score (nSPS) is 26.6. The average Bonchev–Trinajstić information content (AvgIpc) is 2.72. The smallest absolute Gasteiger partial charge is 0.264 e. The number of anilines is 1. The summed E-state index contributed by atoms with van der Waals surface area (Å²) in [5, 5.41) is 2.60. The van der Waals surface area contributed by atoms with E-state index in [2.05, 4.69) is 5.32 Å².